The van der Waals surface area contributed by atoms with Gasteiger partial charge in [0.1, 0.15) is 5.75 Å². The Hall–Kier alpha value is -2.17. The molecule has 0 atom stereocenters. The van der Waals surface area contributed by atoms with Crippen LogP contribution in [0.5, 0.6) is 5.75 Å². The van der Waals surface area contributed by atoms with Crippen LogP contribution in [0.4, 0.5) is 5.69 Å². The molecule has 1 aromatic heterocycles. The zero-order valence-electron chi connectivity index (χ0n) is 10.1. The Morgan fingerprint density at radius 1 is 1.29 bits per heavy atom. The van der Waals surface area contributed by atoms with Crippen LogP contribution in [-0.4, -0.2) is 16.9 Å². The van der Waals surface area contributed by atoms with E-state index in [1.807, 2.05) is 13.8 Å². The lowest BCUT2D eigenvalue weighted by molar-refractivity contribution is 0.416. The zero-order chi connectivity index (χ0) is 12.6. The van der Waals surface area contributed by atoms with Gasteiger partial charge < -0.3 is 10.5 Å². The van der Waals surface area contributed by atoms with Gasteiger partial charge in [-0.25, -0.2) is 4.68 Å². The van der Waals surface area contributed by atoms with Gasteiger partial charge >= 0.3 is 0 Å². The number of nitrogens with one attached hydrogen (secondary N) is 1. The third kappa shape index (κ3) is 1.91. The van der Waals surface area contributed by atoms with E-state index in [1.165, 1.54) is 4.68 Å². The first-order valence-electron chi connectivity index (χ1n) is 5.26. The molecule has 0 aliphatic rings. The Balaban J connectivity index is 2.67. The van der Waals surface area contributed by atoms with Crippen molar-refractivity contribution < 1.29 is 4.74 Å². The van der Waals surface area contributed by atoms with Gasteiger partial charge in [0.05, 0.1) is 18.5 Å². The summed E-state index contributed by atoms with van der Waals surface area (Å²) in [4.78, 5) is 11.7. The number of aromatic nitrogens is 2. The molecule has 0 bridgehead atoms. The molecule has 0 radical (unpaired) electrons. The first-order chi connectivity index (χ1) is 8.02. The van der Waals surface area contributed by atoms with Crippen LogP contribution in [0.2, 0.25) is 0 Å². The lowest BCUT2D eigenvalue weighted by Gasteiger charge is -2.11. The van der Waals surface area contributed by atoms with Crippen molar-refractivity contribution in [1.82, 2.24) is 9.78 Å². The molecule has 17 heavy (non-hydrogen) atoms. The number of hydrogen-bond donors (Lipinski definition) is 2. The molecule has 90 valence electrons. The number of rotatable bonds is 2. The lowest BCUT2D eigenvalue weighted by atomic mass is 10.1. The lowest BCUT2D eigenvalue weighted by Crippen LogP contribution is -2.15. The molecule has 2 aromatic rings. The van der Waals surface area contributed by atoms with Crippen LogP contribution in [0, 0.1) is 13.8 Å². The van der Waals surface area contributed by atoms with Gasteiger partial charge in [0, 0.05) is 17.8 Å². The van der Waals surface area contributed by atoms with Crippen LogP contribution in [-0.2, 0) is 0 Å². The van der Waals surface area contributed by atoms with E-state index in [4.69, 9.17) is 10.5 Å². The average molecular weight is 233 g/mol. The van der Waals surface area contributed by atoms with Gasteiger partial charge in [-0.05, 0) is 25.5 Å². The van der Waals surface area contributed by atoms with Gasteiger partial charge in [-0.2, -0.15) is 0 Å². The smallest absolute Gasteiger partial charge is 0.271 e. The summed E-state index contributed by atoms with van der Waals surface area (Å²) in [6, 6.07) is 5.08. The topological polar surface area (TPSA) is 73.0 Å². The molecular formula is C12H15N3O2. The maximum absolute atomic E-state index is 11.7. The fraction of sp³-hybridized carbons (Fsp3) is 0.250. The number of nitrogens with zero attached hydrogens (tertiary/aromatic N) is 1. The van der Waals surface area contributed by atoms with Crippen molar-refractivity contribution in [3.63, 3.8) is 0 Å². The third-order valence-corrected chi connectivity index (χ3v) is 2.64. The monoisotopic (exact) mass is 233 g/mol. The van der Waals surface area contributed by atoms with Crippen molar-refractivity contribution in [1.29, 1.82) is 0 Å². The number of aryl methyl sites for hydroxylation is 2. The molecule has 0 fully saturated rings. The van der Waals surface area contributed by atoms with Crippen molar-refractivity contribution >= 4 is 5.69 Å². The largest absolute Gasteiger partial charge is 0.495 e. The van der Waals surface area contributed by atoms with E-state index in [2.05, 4.69) is 5.10 Å². The highest BCUT2D eigenvalue weighted by Crippen LogP contribution is 2.26. The SMILES string of the molecule is COc1cc(-n2[nH]c(C)cc2=O)c(C)cc1N. The third-order valence-electron chi connectivity index (χ3n) is 2.64. The highest BCUT2D eigenvalue weighted by atomic mass is 16.5. The zero-order valence-corrected chi connectivity index (χ0v) is 10.1. The number of methoxy groups -OCH3 is 1. The standard InChI is InChI=1S/C12H15N3O2/c1-7-4-9(13)11(17-3)6-10(7)15-12(16)5-8(2)14-15/h4-6,14H,13H2,1-3H3. The number of ether oxygens (including phenoxy) is 1. The van der Waals surface area contributed by atoms with Crippen LogP contribution in [0.25, 0.3) is 5.69 Å². The van der Waals surface area contributed by atoms with Crippen molar-refractivity contribution in [3.05, 3.63) is 39.8 Å². The number of H-pyrrole nitrogens is 1. The summed E-state index contributed by atoms with van der Waals surface area (Å²) in [5.74, 6) is 0.560. The fourth-order valence-electron chi connectivity index (χ4n) is 1.81. The predicted molar refractivity (Wildman–Crippen MR) is 66.8 cm³/mol. The molecule has 3 N–H and O–H groups in total. The predicted octanol–water partition coefficient (Wildman–Crippen LogP) is 1.37. The van der Waals surface area contributed by atoms with E-state index in [9.17, 15) is 4.79 Å². The minimum atomic E-state index is -0.0996. The number of anilines is 1. The molecule has 5 heteroatoms. The van der Waals surface area contributed by atoms with E-state index in [0.29, 0.717) is 11.4 Å². The number of aromatic amines is 1. The summed E-state index contributed by atoms with van der Waals surface area (Å²) in [6.07, 6.45) is 0. The van der Waals surface area contributed by atoms with E-state index < -0.39 is 0 Å². The second-order valence-electron chi connectivity index (χ2n) is 3.99. The molecule has 0 amide bonds. The fourth-order valence-corrected chi connectivity index (χ4v) is 1.81. The Kier molecular flexibility index (Phi) is 2.67. The van der Waals surface area contributed by atoms with E-state index >= 15 is 0 Å². The number of nitrogen functional groups attached to an aromatic ring is 1. The molecule has 1 aromatic carbocycles. The number of nitrogens with two attached hydrogens (primary N) is 1. The first-order valence-corrected chi connectivity index (χ1v) is 5.26. The Labute approximate surface area is 98.8 Å². The van der Waals surface area contributed by atoms with Gasteiger partial charge in [-0.15, -0.1) is 0 Å². The van der Waals surface area contributed by atoms with Crippen LogP contribution in [0.1, 0.15) is 11.3 Å². The van der Waals surface area contributed by atoms with Crippen molar-refractivity contribution in [2.24, 2.45) is 0 Å². The summed E-state index contributed by atoms with van der Waals surface area (Å²) < 4.78 is 6.63. The van der Waals surface area contributed by atoms with Gasteiger partial charge in [0.2, 0.25) is 0 Å². The van der Waals surface area contributed by atoms with Gasteiger partial charge in [-0.1, -0.05) is 0 Å². The van der Waals surface area contributed by atoms with Crippen LogP contribution >= 0.6 is 0 Å². The quantitative estimate of drug-likeness (QED) is 0.769. The molecule has 0 aliphatic carbocycles. The second-order valence-corrected chi connectivity index (χ2v) is 3.99. The Morgan fingerprint density at radius 3 is 2.53 bits per heavy atom. The second kappa shape index (κ2) is 4.01. The highest BCUT2D eigenvalue weighted by molar-refractivity contribution is 5.60. The van der Waals surface area contributed by atoms with Crippen LogP contribution in [0.15, 0.2) is 23.0 Å². The van der Waals surface area contributed by atoms with E-state index in [-0.39, 0.29) is 5.56 Å². The molecule has 1 heterocycles. The molecule has 0 saturated heterocycles. The molecule has 5 nitrogen and oxygen atoms in total. The summed E-state index contributed by atoms with van der Waals surface area (Å²) >= 11 is 0. The molecule has 2 rings (SSSR count). The van der Waals surface area contributed by atoms with Gasteiger partial charge in [-0.3, -0.25) is 9.89 Å². The summed E-state index contributed by atoms with van der Waals surface area (Å²) in [7, 11) is 1.55. The minimum absolute atomic E-state index is 0.0996. The normalized spacial score (nSPS) is 10.5. The maximum atomic E-state index is 11.7. The van der Waals surface area contributed by atoms with Crippen LogP contribution in [0.3, 0.4) is 0 Å². The van der Waals surface area contributed by atoms with Crippen molar-refractivity contribution in [2.45, 2.75) is 13.8 Å². The number of hydrogen-bond acceptors (Lipinski definition) is 3. The van der Waals surface area contributed by atoms with Crippen LogP contribution < -0.4 is 16.0 Å². The van der Waals surface area contributed by atoms with Gasteiger partial charge in [0.25, 0.3) is 5.56 Å². The average Bonchev–Trinajstić information content (AvgIpc) is 2.58. The van der Waals surface area contributed by atoms with E-state index in [1.54, 1.807) is 25.3 Å². The van der Waals surface area contributed by atoms with Crippen molar-refractivity contribution in [3.8, 4) is 11.4 Å². The number of benzene rings is 1. The summed E-state index contributed by atoms with van der Waals surface area (Å²) in [5.41, 5.74) is 8.72. The minimum Gasteiger partial charge on any atom is -0.495 e. The molecular weight excluding hydrogens is 218 g/mol. The summed E-state index contributed by atoms with van der Waals surface area (Å²) in [6.45, 7) is 3.73. The van der Waals surface area contributed by atoms with Gasteiger partial charge in [0.15, 0.2) is 0 Å². The Morgan fingerprint density at radius 2 is 2.00 bits per heavy atom. The molecule has 0 unspecified atom stereocenters. The Bertz CT molecular complexity index is 611. The maximum Gasteiger partial charge on any atom is 0.271 e. The first kappa shape index (κ1) is 11.3. The van der Waals surface area contributed by atoms with E-state index in [0.717, 1.165) is 16.9 Å². The highest BCUT2D eigenvalue weighted by Gasteiger charge is 2.10. The molecule has 0 saturated carbocycles. The van der Waals surface area contributed by atoms with Crippen molar-refractivity contribution in [2.75, 3.05) is 12.8 Å². The molecule has 0 aliphatic heterocycles. The summed E-state index contributed by atoms with van der Waals surface area (Å²) in [5, 5.41) is 2.98. The molecule has 0 spiro atoms.